The minimum atomic E-state index is 0.366. The van der Waals surface area contributed by atoms with Gasteiger partial charge in [-0.25, -0.2) is 0 Å². The summed E-state index contributed by atoms with van der Waals surface area (Å²) in [5, 5.41) is 9.29. The lowest BCUT2D eigenvalue weighted by molar-refractivity contribution is 0.0859. The minimum Gasteiger partial charge on any atom is -0.395 e. The zero-order valence-electron chi connectivity index (χ0n) is 9.28. The Bertz CT molecular complexity index is 183. The molecule has 14 heavy (non-hydrogen) atoms. The van der Waals surface area contributed by atoms with Crippen LogP contribution in [0.15, 0.2) is 0 Å². The second-order valence-electron chi connectivity index (χ2n) is 5.14. The first-order valence-corrected chi connectivity index (χ1v) is 6.18. The number of hydrogen-bond acceptors (Lipinski definition) is 2. The lowest BCUT2D eigenvalue weighted by Crippen LogP contribution is -2.43. The summed E-state index contributed by atoms with van der Waals surface area (Å²) in [7, 11) is 0. The molecule has 0 aromatic carbocycles. The summed E-state index contributed by atoms with van der Waals surface area (Å²) in [6.45, 7) is 3.96. The van der Waals surface area contributed by atoms with Crippen LogP contribution >= 0.6 is 0 Å². The molecule has 1 saturated carbocycles. The van der Waals surface area contributed by atoms with Crippen molar-refractivity contribution in [3.05, 3.63) is 0 Å². The molecule has 2 nitrogen and oxygen atoms in total. The molecule has 1 saturated heterocycles. The summed E-state index contributed by atoms with van der Waals surface area (Å²) >= 11 is 0. The molecule has 3 atom stereocenters. The standard InChI is InChI=1S/C12H23NO/c1-10-4-2-5-11(8-10)13-7-3-6-12(13)9-14/h10-12,14H,2-9H2,1H3/t10?,11?,12-/m1/s1. The van der Waals surface area contributed by atoms with E-state index in [9.17, 15) is 5.11 Å². The Hall–Kier alpha value is -0.0800. The zero-order chi connectivity index (χ0) is 9.97. The number of hydrogen-bond donors (Lipinski definition) is 1. The fourth-order valence-electron chi connectivity index (χ4n) is 3.24. The first-order chi connectivity index (χ1) is 6.81. The molecule has 1 aliphatic carbocycles. The fourth-order valence-corrected chi connectivity index (χ4v) is 3.24. The third-order valence-electron chi connectivity index (χ3n) is 4.01. The molecule has 0 bridgehead atoms. The van der Waals surface area contributed by atoms with Crippen LogP contribution in [0.2, 0.25) is 0 Å². The van der Waals surface area contributed by atoms with Gasteiger partial charge in [0.05, 0.1) is 6.61 Å². The SMILES string of the molecule is CC1CCCC(N2CCC[C@@H]2CO)C1. The quantitative estimate of drug-likeness (QED) is 0.732. The second-order valence-corrected chi connectivity index (χ2v) is 5.14. The van der Waals surface area contributed by atoms with Crippen LogP contribution in [0.3, 0.4) is 0 Å². The van der Waals surface area contributed by atoms with E-state index >= 15 is 0 Å². The molecule has 2 heteroatoms. The summed E-state index contributed by atoms with van der Waals surface area (Å²) in [5.41, 5.74) is 0. The summed E-state index contributed by atoms with van der Waals surface area (Å²) < 4.78 is 0. The average Bonchev–Trinajstić information content (AvgIpc) is 2.65. The molecule has 2 aliphatic rings. The van der Waals surface area contributed by atoms with Gasteiger partial charge in [0.2, 0.25) is 0 Å². The zero-order valence-corrected chi connectivity index (χ0v) is 9.28. The van der Waals surface area contributed by atoms with Gasteiger partial charge in [-0.2, -0.15) is 0 Å². The van der Waals surface area contributed by atoms with Gasteiger partial charge in [0.25, 0.3) is 0 Å². The molecule has 0 aromatic heterocycles. The van der Waals surface area contributed by atoms with Gasteiger partial charge in [0.1, 0.15) is 0 Å². The van der Waals surface area contributed by atoms with Crippen molar-refractivity contribution < 1.29 is 5.11 Å². The highest BCUT2D eigenvalue weighted by molar-refractivity contribution is 4.87. The molecular formula is C12H23NO. The average molecular weight is 197 g/mol. The van der Waals surface area contributed by atoms with Crippen LogP contribution in [0, 0.1) is 5.92 Å². The molecular weight excluding hydrogens is 174 g/mol. The number of aliphatic hydroxyl groups excluding tert-OH is 1. The first-order valence-electron chi connectivity index (χ1n) is 6.18. The molecule has 2 fully saturated rings. The van der Waals surface area contributed by atoms with Crippen LogP contribution in [0.1, 0.15) is 45.4 Å². The third-order valence-corrected chi connectivity index (χ3v) is 4.01. The van der Waals surface area contributed by atoms with Crippen LogP contribution in [0.4, 0.5) is 0 Å². The number of likely N-dealkylation sites (tertiary alicyclic amines) is 1. The maximum atomic E-state index is 9.29. The highest BCUT2D eigenvalue weighted by Gasteiger charge is 2.32. The topological polar surface area (TPSA) is 23.5 Å². The van der Waals surface area contributed by atoms with Crippen molar-refractivity contribution in [2.45, 2.75) is 57.5 Å². The van der Waals surface area contributed by atoms with E-state index in [4.69, 9.17) is 0 Å². The summed E-state index contributed by atoms with van der Waals surface area (Å²) in [6.07, 6.45) is 8.02. The number of aliphatic hydroxyl groups is 1. The van der Waals surface area contributed by atoms with Gasteiger partial charge < -0.3 is 5.11 Å². The van der Waals surface area contributed by atoms with Crippen LogP contribution < -0.4 is 0 Å². The van der Waals surface area contributed by atoms with E-state index < -0.39 is 0 Å². The maximum Gasteiger partial charge on any atom is 0.0586 e. The Morgan fingerprint density at radius 2 is 2.07 bits per heavy atom. The Morgan fingerprint density at radius 3 is 2.79 bits per heavy atom. The van der Waals surface area contributed by atoms with Crippen molar-refractivity contribution in [2.24, 2.45) is 5.92 Å². The molecule has 0 radical (unpaired) electrons. The van der Waals surface area contributed by atoms with Crippen LogP contribution in [0.25, 0.3) is 0 Å². The second kappa shape index (κ2) is 4.63. The molecule has 0 amide bonds. The lowest BCUT2D eigenvalue weighted by Gasteiger charge is -2.37. The molecule has 1 aliphatic heterocycles. The van der Waals surface area contributed by atoms with E-state index in [0.29, 0.717) is 12.6 Å². The Morgan fingerprint density at radius 1 is 1.21 bits per heavy atom. The largest absolute Gasteiger partial charge is 0.395 e. The number of rotatable bonds is 2. The predicted octanol–water partition coefficient (Wildman–Crippen LogP) is 2.02. The van der Waals surface area contributed by atoms with Gasteiger partial charge >= 0.3 is 0 Å². The summed E-state index contributed by atoms with van der Waals surface area (Å²) in [6, 6.07) is 1.25. The highest BCUT2D eigenvalue weighted by Crippen LogP contribution is 2.31. The monoisotopic (exact) mass is 197 g/mol. The molecule has 1 heterocycles. The van der Waals surface area contributed by atoms with E-state index in [-0.39, 0.29) is 0 Å². The van der Waals surface area contributed by atoms with Crippen LogP contribution in [-0.4, -0.2) is 35.2 Å². The normalized spacial score (nSPS) is 40.3. The number of nitrogens with zero attached hydrogens (tertiary/aromatic N) is 1. The molecule has 0 spiro atoms. The van der Waals surface area contributed by atoms with Gasteiger partial charge in [-0.3, -0.25) is 4.90 Å². The van der Waals surface area contributed by atoms with Gasteiger partial charge in [-0.1, -0.05) is 19.8 Å². The van der Waals surface area contributed by atoms with Crippen molar-refractivity contribution in [3.63, 3.8) is 0 Å². The van der Waals surface area contributed by atoms with E-state index in [1.807, 2.05) is 0 Å². The van der Waals surface area contributed by atoms with Gasteiger partial charge in [0, 0.05) is 12.1 Å². The molecule has 2 unspecified atom stereocenters. The minimum absolute atomic E-state index is 0.366. The van der Waals surface area contributed by atoms with E-state index in [1.54, 1.807) is 0 Å². The first kappa shape index (κ1) is 10.4. The Kier molecular flexibility index (Phi) is 3.45. The van der Waals surface area contributed by atoms with Crippen molar-refractivity contribution in [1.29, 1.82) is 0 Å². The van der Waals surface area contributed by atoms with Crippen molar-refractivity contribution in [3.8, 4) is 0 Å². The van der Waals surface area contributed by atoms with Crippen molar-refractivity contribution >= 4 is 0 Å². The third kappa shape index (κ3) is 2.12. The van der Waals surface area contributed by atoms with Crippen molar-refractivity contribution in [1.82, 2.24) is 4.90 Å². The van der Waals surface area contributed by atoms with Gasteiger partial charge in [-0.05, 0) is 38.1 Å². The maximum absolute atomic E-state index is 9.29. The Balaban J connectivity index is 1.92. The van der Waals surface area contributed by atoms with E-state index in [1.165, 1.54) is 45.1 Å². The fraction of sp³-hybridized carbons (Fsp3) is 1.00. The van der Waals surface area contributed by atoms with Crippen LogP contribution in [0.5, 0.6) is 0 Å². The predicted molar refractivity (Wildman–Crippen MR) is 58.2 cm³/mol. The van der Waals surface area contributed by atoms with Crippen LogP contribution in [-0.2, 0) is 0 Å². The van der Waals surface area contributed by atoms with E-state index in [0.717, 1.165) is 12.0 Å². The highest BCUT2D eigenvalue weighted by atomic mass is 16.3. The smallest absolute Gasteiger partial charge is 0.0586 e. The van der Waals surface area contributed by atoms with Gasteiger partial charge in [-0.15, -0.1) is 0 Å². The molecule has 2 rings (SSSR count). The Labute approximate surface area is 87.3 Å². The molecule has 82 valence electrons. The van der Waals surface area contributed by atoms with E-state index in [2.05, 4.69) is 11.8 Å². The summed E-state index contributed by atoms with van der Waals surface area (Å²) in [5.74, 6) is 0.897. The molecule has 0 aromatic rings. The summed E-state index contributed by atoms with van der Waals surface area (Å²) in [4.78, 5) is 2.58. The molecule has 1 N–H and O–H groups in total. The van der Waals surface area contributed by atoms with Crippen molar-refractivity contribution in [2.75, 3.05) is 13.2 Å². The van der Waals surface area contributed by atoms with Gasteiger partial charge in [0.15, 0.2) is 0 Å². The lowest BCUT2D eigenvalue weighted by atomic mass is 9.86.